The number of aromatic amines is 1. The van der Waals surface area contributed by atoms with E-state index in [9.17, 15) is 0 Å². The Hall–Kier alpha value is -1.26. The highest BCUT2D eigenvalue weighted by Gasteiger charge is 2.14. The molecular weight excluding hydrogens is 284 g/mol. The molecule has 0 unspecified atom stereocenters. The molecule has 1 fully saturated rings. The Balaban J connectivity index is 1.47. The fourth-order valence-electron chi connectivity index (χ4n) is 2.92. The molecule has 1 aromatic heterocycles. The van der Waals surface area contributed by atoms with Gasteiger partial charge in [0.25, 0.3) is 0 Å². The second-order valence-corrected chi connectivity index (χ2v) is 6.50. The monoisotopic (exact) mass is 306 g/mol. The molecule has 2 heterocycles. The third-order valence-electron chi connectivity index (χ3n) is 4.34. The summed E-state index contributed by atoms with van der Waals surface area (Å²) >= 11 is 6.05. The van der Waals surface area contributed by atoms with Crippen LogP contribution in [0, 0.1) is 5.92 Å². The minimum atomic E-state index is 0.745. The van der Waals surface area contributed by atoms with Gasteiger partial charge in [-0.2, -0.15) is 5.10 Å². The molecule has 2 aromatic rings. The number of likely N-dealkylation sites (tertiary alicyclic amines) is 1. The lowest BCUT2D eigenvalue weighted by Crippen LogP contribution is -2.34. The van der Waals surface area contributed by atoms with Crippen molar-refractivity contribution in [1.29, 1.82) is 0 Å². The van der Waals surface area contributed by atoms with E-state index in [0.29, 0.717) is 0 Å². The number of halogens is 1. The van der Waals surface area contributed by atoms with Gasteiger partial charge in [-0.15, -0.1) is 0 Å². The number of rotatable bonds is 5. The van der Waals surface area contributed by atoms with Gasteiger partial charge in [0.15, 0.2) is 5.82 Å². The second-order valence-electron chi connectivity index (χ2n) is 6.07. The first kappa shape index (κ1) is 14.7. The summed E-state index contributed by atoms with van der Waals surface area (Å²) in [5, 5.41) is 12.6. The van der Waals surface area contributed by atoms with Crippen LogP contribution >= 0.6 is 11.6 Å². The SMILES string of the molecule is CC1CCN(CCCNc2n[nH]c3ccc(Cl)cc23)CC1. The van der Waals surface area contributed by atoms with Crippen molar-refractivity contribution in [1.82, 2.24) is 15.1 Å². The lowest BCUT2D eigenvalue weighted by atomic mass is 9.99. The molecule has 0 amide bonds. The summed E-state index contributed by atoms with van der Waals surface area (Å²) in [5.41, 5.74) is 1.02. The van der Waals surface area contributed by atoms with Gasteiger partial charge in [-0.3, -0.25) is 5.10 Å². The van der Waals surface area contributed by atoms with E-state index >= 15 is 0 Å². The Morgan fingerprint density at radius 2 is 2.19 bits per heavy atom. The van der Waals surface area contributed by atoms with Gasteiger partial charge in [0, 0.05) is 17.0 Å². The molecule has 1 saturated heterocycles. The molecule has 4 nitrogen and oxygen atoms in total. The number of hydrogen-bond acceptors (Lipinski definition) is 3. The van der Waals surface area contributed by atoms with Crippen LogP contribution in [-0.2, 0) is 0 Å². The highest BCUT2D eigenvalue weighted by atomic mass is 35.5. The van der Waals surface area contributed by atoms with Gasteiger partial charge in [0.05, 0.1) is 5.52 Å². The largest absolute Gasteiger partial charge is 0.368 e. The van der Waals surface area contributed by atoms with Crippen molar-refractivity contribution in [2.45, 2.75) is 26.2 Å². The van der Waals surface area contributed by atoms with Crippen LogP contribution in [0.3, 0.4) is 0 Å². The molecule has 0 spiro atoms. The van der Waals surface area contributed by atoms with Crippen LogP contribution in [0.1, 0.15) is 26.2 Å². The molecule has 0 aliphatic carbocycles. The average molecular weight is 307 g/mol. The summed E-state index contributed by atoms with van der Waals surface area (Å²) in [6.07, 6.45) is 3.83. The van der Waals surface area contributed by atoms with Gasteiger partial charge in [-0.1, -0.05) is 18.5 Å². The normalized spacial score (nSPS) is 17.4. The standard InChI is InChI=1S/C16H23ClN4/c1-12-5-9-21(10-6-12)8-2-7-18-16-14-11-13(17)3-4-15(14)19-20-16/h3-4,11-12H,2,5-10H2,1H3,(H2,18,19,20). The first-order chi connectivity index (χ1) is 10.2. The zero-order chi connectivity index (χ0) is 14.7. The molecule has 0 atom stereocenters. The first-order valence-corrected chi connectivity index (χ1v) is 8.20. The fraction of sp³-hybridized carbons (Fsp3) is 0.562. The maximum atomic E-state index is 6.05. The smallest absolute Gasteiger partial charge is 0.155 e. The van der Waals surface area contributed by atoms with Crippen molar-refractivity contribution >= 4 is 28.3 Å². The molecule has 1 aliphatic heterocycles. The summed E-state index contributed by atoms with van der Waals surface area (Å²) < 4.78 is 0. The Morgan fingerprint density at radius 1 is 1.38 bits per heavy atom. The van der Waals surface area contributed by atoms with Crippen LogP contribution in [0.5, 0.6) is 0 Å². The summed E-state index contributed by atoms with van der Waals surface area (Å²) in [6.45, 7) is 6.97. The fourth-order valence-corrected chi connectivity index (χ4v) is 3.09. The van der Waals surface area contributed by atoms with Crippen LogP contribution in [0.25, 0.3) is 10.9 Å². The number of nitrogens with zero attached hydrogens (tertiary/aromatic N) is 2. The Morgan fingerprint density at radius 3 is 3.00 bits per heavy atom. The molecule has 114 valence electrons. The van der Waals surface area contributed by atoms with Crippen LogP contribution in [0.15, 0.2) is 18.2 Å². The zero-order valence-electron chi connectivity index (χ0n) is 12.5. The van der Waals surface area contributed by atoms with Crippen LogP contribution < -0.4 is 5.32 Å². The molecule has 0 saturated carbocycles. The number of nitrogens with one attached hydrogen (secondary N) is 2. The van der Waals surface area contributed by atoms with Crippen molar-refractivity contribution in [3.05, 3.63) is 23.2 Å². The predicted octanol–water partition coefficient (Wildman–Crippen LogP) is 3.75. The molecule has 0 radical (unpaired) electrons. The van der Waals surface area contributed by atoms with Crippen molar-refractivity contribution in [2.75, 3.05) is 31.5 Å². The molecule has 1 aliphatic rings. The van der Waals surface area contributed by atoms with Crippen molar-refractivity contribution in [3.63, 3.8) is 0 Å². The maximum Gasteiger partial charge on any atom is 0.155 e. The van der Waals surface area contributed by atoms with Gasteiger partial charge in [-0.05, 0) is 63.0 Å². The number of piperidine rings is 1. The molecule has 2 N–H and O–H groups in total. The van der Waals surface area contributed by atoms with E-state index in [2.05, 4.69) is 27.3 Å². The number of benzene rings is 1. The Kier molecular flexibility index (Phi) is 4.66. The van der Waals surface area contributed by atoms with Crippen LogP contribution in [0.4, 0.5) is 5.82 Å². The van der Waals surface area contributed by atoms with Crippen molar-refractivity contribution in [3.8, 4) is 0 Å². The van der Waals surface area contributed by atoms with Crippen molar-refractivity contribution < 1.29 is 0 Å². The van der Waals surface area contributed by atoms with E-state index in [-0.39, 0.29) is 0 Å². The predicted molar refractivity (Wildman–Crippen MR) is 89.0 cm³/mol. The summed E-state index contributed by atoms with van der Waals surface area (Å²) in [5.74, 6) is 1.80. The topological polar surface area (TPSA) is 44.0 Å². The Labute approximate surface area is 130 Å². The van der Waals surface area contributed by atoms with Gasteiger partial charge in [-0.25, -0.2) is 0 Å². The van der Waals surface area contributed by atoms with Crippen molar-refractivity contribution in [2.24, 2.45) is 5.92 Å². The quantitative estimate of drug-likeness (QED) is 0.827. The second kappa shape index (κ2) is 6.67. The minimum Gasteiger partial charge on any atom is -0.368 e. The minimum absolute atomic E-state index is 0.745. The molecule has 3 rings (SSSR count). The van der Waals surface area contributed by atoms with Gasteiger partial charge < -0.3 is 10.2 Å². The zero-order valence-corrected chi connectivity index (χ0v) is 13.3. The van der Waals surface area contributed by atoms with Gasteiger partial charge in [0.1, 0.15) is 0 Å². The van der Waals surface area contributed by atoms with E-state index in [1.807, 2.05) is 18.2 Å². The lowest BCUT2D eigenvalue weighted by molar-refractivity contribution is 0.192. The summed E-state index contributed by atoms with van der Waals surface area (Å²) in [7, 11) is 0. The number of anilines is 1. The number of aromatic nitrogens is 2. The first-order valence-electron chi connectivity index (χ1n) is 7.82. The van der Waals surface area contributed by atoms with Crippen LogP contribution in [-0.4, -0.2) is 41.3 Å². The summed E-state index contributed by atoms with van der Waals surface area (Å²) in [4.78, 5) is 2.57. The van der Waals surface area contributed by atoms with E-state index < -0.39 is 0 Å². The third-order valence-corrected chi connectivity index (χ3v) is 4.58. The van der Waals surface area contributed by atoms with E-state index in [1.54, 1.807) is 0 Å². The van der Waals surface area contributed by atoms with Crippen LogP contribution in [0.2, 0.25) is 5.02 Å². The molecule has 5 heteroatoms. The number of H-pyrrole nitrogens is 1. The number of hydrogen-bond donors (Lipinski definition) is 2. The highest BCUT2D eigenvalue weighted by molar-refractivity contribution is 6.31. The molecule has 1 aromatic carbocycles. The van der Waals surface area contributed by atoms with Gasteiger partial charge in [0.2, 0.25) is 0 Å². The van der Waals surface area contributed by atoms with E-state index in [1.165, 1.54) is 32.5 Å². The maximum absolute atomic E-state index is 6.05. The molecular formula is C16H23ClN4. The average Bonchev–Trinajstić information content (AvgIpc) is 2.88. The third kappa shape index (κ3) is 3.69. The number of fused-ring (bicyclic) bond motifs is 1. The van der Waals surface area contributed by atoms with E-state index in [4.69, 9.17) is 11.6 Å². The van der Waals surface area contributed by atoms with E-state index in [0.717, 1.165) is 40.6 Å². The Bertz CT molecular complexity index is 587. The lowest BCUT2D eigenvalue weighted by Gasteiger charge is -2.30. The van der Waals surface area contributed by atoms with Gasteiger partial charge >= 0.3 is 0 Å². The summed E-state index contributed by atoms with van der Waals surface area (Å²) in [6, 6.07) is 5.79. The molecule has 21 heavy (non-hydrogen) atoms. The molecule has 0 bridgehead atoms. The highest BCUT2D eigenvalue weighted by Crippen LogP contribution is 2.24.